The molecular weight excluding hydrogens is 566 g/mol. The number of hydrogen-bond acceptors (Lipinski definition) is 5. The molecule has 0 saturated heterocycles. The van der Waals surface area contributed by atoms with E-state index >= 15 is 0 Å². The summed E-state index contributed by atoms with van der Waals surface area (Å²) in [4.78, 5) is 17.4. The Bertz CT molecular complexity index is 1590. The van der Waals surface area contributed by atoms with Gasteiger partial charge in [0.1, 0.15) is 17.2 Å². The van der Waals surface area contributed by atoms with Crippen LogP contribution in [0.5, 0.6) is 17.2 Å². The molecule has 42 heavy (non-hydrogen) atoms. The minimum atomic E-state index is -5.02. The molecule has 2 N–H and O–H groups in total. The highest BCUT2D eigenvalue weighted by Crippen LogP contribution is 2.40. The van der Waals surface area contributed by atoms with Gasteiger partial charge in [0.15, 0.2) is 0 Å². The highest BCUT2D eigenvalue weighted by Gasteiger charge is 2.37. The SMILES string of the molecule is O=C(Nc1ccc(Oc2cc(C(F)(F)F)cc(C(F)(F)F)c2)cc1)N1N=C(c2cccnc2)CC1c1ccccc1O. The highest BCUT2D eigenvalue weighted by molar-refractivity contribution is 6.04. The summed E-state index contributed by atoms with van der Waals surface area (Å²) in [5.41, 5.74) is -1.04. The Morgan fingerprint density at radius 3 is 2.14 bits per heavy atom. The number of rotatable bonds is 5. The fraction of sp³-hybridized carbons (Fsp3) is 0.138. The van der Waals surface area contributed by atoms with Crippen molar-refractivity contribution in [2.24, 2.45) is 5.10 Å². The van der Waals surface area contributed by atoms with Gasteiger partial charge in [0.2, 0.25) is 0 Å². The normalized spacial score (nSPS) is 15.3. The third-order valence-corrected chi connectivity index (χ3v) is 6.31. The van der Waals surface area contributed by atoms with Gasteiger partial charge in [0, 0.05) is 35.6 Å². The van der Waals surface area contributed by atoms with Crippen LogP contribution in [0.25, 0.3) is 0 Å². The standard InChI is InChI=1S/C29H20F6N4O3/c30-28(31,32)18-12-19(29(33,34)35)14-22(13-18)42-21-9-7-20(8-10-21)37-27(41)39-25(23-5-1-2-6-26(23)40)15-24(38-39)17-4-3-11-36-16-17/h1-14,16,25,40H,15H2,(H,37,41). The molecule has 4 aromatic rings. The van der Waals surface area contributed by atoms with Gasteiger partial charge in [-0.15, -0.1) is 0 Å². The lowest BCUT2D eigenvalue weighted by atomic mass is 9.98. The fourth-order valence-electron chi connectivity index (χ4n) is 4.33. The minimum absolute atomic E-state index is 0.00843. The van der Waals surface area contributed by atoms with Crippen LogP contribution < -0.4 is 10.1 Å². The third kappa shape index (κ3) is 6.29. The molecule has 2 heterocycles. The average Bonchev–Trinajstić information content (AvgIpc) is 3.39. The maximum absolute atomic E-state index is 13.3. The summed E-state index contributed by atoms with van der Waals surface area (Å²) in [6, 6.07) is 15.0. The van der Waals surface area contributed by atoms with Crippen molar-refractivity contribution in [1.29, 1.82) is 0 Å². The van der Waals surface area contributed by atoms with Crippen molar-refractivity contribution in [2.75, 3.05) is 5.32 Å². The molecule has 1 unspecified atom stereocenters. The first kappa shape index (κ1) is 28.5. The van der Waals surface area contributed by atoms with E-state index in [4.69, 9.17) is 4.74 Å². The van der Waals surface area contributed by atoms with E-state index in [1.54, 1.807) is 42.7 Å². The molecule has 0 bridgehead atoms. The second-order valence-electron chi connectivity index (χ2n) is 9.21. The number of alkyl halides is 6. The highest BCUT2D eigenvalue weighted by atomic mass is 19.4. The zero-order valence-corrected chi connectivity index (χ0v) is 21.3. The Morgan fingerprint density at radius 2 is 1.55 bits per heavy atom. The fourth-order valence-corrected chi connectivity index (χ4v) is 4.33. The largest absolute Gasteiger partial charge is 0.508 e. The number of urea groups is 1. The molecular formula is C29H20F6N4O3. The van der Waals surface area contributed by atoms with E-state index in [0.29, 0.717) is 35.4 Å². The summed E-state index contributed by atoms with van der Waals surface area (Å²) in [6.45, 7) is 0. The molecule has 7 nitrogen and oxygen atoms in total. The molecule has 1 aliphatic heterocycles. The first-order valence-electron chi connectivity index (χ1n) is 12.3. The molecule has 0 saturated carbocycles. The number of phenols is 1. The van der Waals surface area contributed by atoms with Gasteiger partial charge < -0.3 is 15.2 Å². The van der Waals surface area contributed by atoms with Gasteiger partial charge >= 0.3 is 18.4 Å². The van der Waals surface area contributed by atoms with Crippen LogP contribution in [0.2, 0.25) is 0 Å². The number of para-hydroxylation sites is 1. The quantitative estimate of drug-likeness (QED) is 0.232. The number of amides is 2. The first-order chi connectivity index (χ1) is 19.9. The van der Waals surface area contributed by atoms with Crippen LogP contribution in [0, 0.1) is 0 Å². The number of nitrogens with zero attached hydrogens (tertiary/aromatic N) is 3. The Hall–Kier alpha value is -5.07. The van der Waals surface area contributed by atoms with Crippen molar-refractivity contribution in [3.8, 4) is 17.2 Å². The lowest BCUT2D eigenvalue weighted by Crippen LogP contribution is -2.31. The predicted molar refractivity (Wildman–Crippen MR) is 140 cm³/mol. The van der Waals surface area contributed by atoms with E-state index in [1.165, 1.54) is 35.3 Å². The van der Waals surface area contributed by atoms with Gasteiger partial charge in [0.05, 0.1) is 22.9 Å². The van der Waals surface area contributed by atoms with Crippen molar-refractivity contribution in [1.82, 2.24) is 9.99 Å². The Kier molecular flexibility index (Phi) is 7.50. The zero-order chi connectivity index (χ0) is 30.1. The van der Waals surface area contributed by atoms with Crippen LogP contribution in [0.3, 0.4) is 0 Å². The van der Waals surface area contributed by atoms with Gasteiger partial charge in [-0.3, -0.25) is 4.98 Å². The van der Waals surface area contributed by atoms with E-state index in [9.17, 15) is 36.2 Å². The van der Waals surface area contributed by atoms with Gasteiger partial charge in [-0.2, -0.15) is 31.4 Å². The number of nitrogens with one attached hydrogen (secondary N) is 1. The third-order valence-electron chi connectivity index (χ3n) is 6.31. The summed E-state index contributed by atoms with van der Waals surface area (Å²) in [5.74, 6) is -0.743. The number of anilines is 1. The number of ether oxygens (including phenoxy) is 1. The number of carbonyl (C=O) groups is 1. The number of carbonyl (C=O) groups excluding carboxylic acids is 1. The molecule has 2 amide bonds. The van der Waals surface area contributed by atoms with Crippen molar-refractivity contribution in [3.63, 3.8) is 0 Å². The van der Waals surface area contributed by atoms with Gasteiger partial charge in [0.25, 0.3) is 0 Å². The second kappa shape index (κ2) is 11.1. The van der Waals surface area contributed by atoms with Crippen molar-refractivity contribution in [3.05, 3.63) is 114 Å². The van der Waals surface area contributed by atoms with E-state index in [0.717, 1.165) is 0 Å². The van der Waals surface area contributed by atoms with Crippen LogP contribution in [0.1, 0.15) is 34.7 Å². The number of halogens is 6. The van der Waals surface area contributed by atoms with Gasteiger partial charge in [-0.1, -0.05) is 24.3 Å². The average molecular weight is 586 g/mol. The Labute approximate surface area is 234 Å². The maximum atomic E-state index is 13.3. The summed E-state index contributed by atoms with van der Waals surface area (Å²) in [7, 11) is 0. The van der Waals surface area contributed by atoms with Crippen molar-refractivity contribution < 1.29 is 41.0 Å². The number of hydrazone groups is 1. The van der Waals surface area contributed by atoms with Crippen LogP contribution >= 0.6 is 0 Å². The van der Waals surface area contributed by atoms with E-state index in [1.807, 2.05) is 0 Å². The van der Waals surface area contributed by atoms with Crippen LogP contribution in [-0.2, 0) is 12.4 Å². The lowest BCUT2D eigenvalue weighted by Gasteiger charge is -2.23. The molecule has 0 radical (unpaired) electrons. The van der Waals surface area contributed by atoms with E-state index in [-0.39, 0.29) is 23.3 Å². The van der Waals surface area contributed by atoms with Crippen molar-refractivity contribution in [2.45, 2.75) is 24.8 Å². The number of aromatic nitrogens is 1. The smallest absolute Gasteiger partial charge is 0.416 e. The van der Waals surface area contributed by atoms with Crippen LogP contribution in [0.15, 0.2) is 96.4 Å². The van der Waals surface area contributed by atoms with Gasteiger partial charge in [-0.05, 0) is 54.6 Å². The number of pyridine rings is 1. The van der Waals surface area contributed by atoms with E-state index < -0.39 is 41.3 Å². The Morgan fingerprint density at radius 1 is 0.881 bits per heavy atom. The molecule has 1 aliphatic rings. The summed E-state index contributed by atoms with van der Waals surface area (Å²) < 4.78 is 84.3. The first-order valence-corrected chi connectivity index (χ1v) is 12.3. The number of phenolic OH excluding ortho intramolecular Hbond substituents is 1. The maximum Gasteiger partial charge on any atom is 0.416 e. The molecule has 216 valence electrons. The van der Waals surface area contributed by atoms with Gasteiger partial charge in [-0.25, -0.2) is 9.80 Å². The van der Waals surface area contributed by atoms with Crippen molar-refractivity contribution >= 4 is 17.4 Å². The molecule has 1 atom stereocenters. The van der Waals surface area contributed by atoms with Crippen LogP contribution in [0.4, 0.5) is 36.8 Å². The molecule has 0 aliphatic carbocycles. The Balaban J connectivity index is 1.36. The van der Waals surface area contributed by atoms with E-state index in [2.05, 4.69) is 15.4 Å². The minimum Gasteiger partial charge on any atom is -0.508 e. The molecule has 13 heteroatoms. The second-order valence-corrected chi connectivity index (χ2v) is 9.21. The molecule has 1 aromatic heterocycles. The summed E-state index contributed by atoms with van der Waals surface area (Å²) in [5, 5.41) is 18.7. The number of aromatic hydroxyl groups is 1. The number of hydrogen-bond donors (Lipinski definition) is 2. The predicted octanol–water partition coefficient (Wildman–Crippen LogP) is 8.00. The molecule has 0 fully saturated rings. The van der Waals surface area contributed by atoms with Crippen LogP contribution in [-0.4, -0.2) is 26.8 Å². The molecule has 5 rings (SSSR count). The summed E-state index contributed by atoms with van der Waals surface area (Å²) >= 11 is 0. The monoisotopic (exact) mass is 586 g/mol. The lowest BCUT2D eigenvalue weighted by molar-refractivity contribution is -0.143. The summed E-state index contributed by atoms with van der Waals surface area (Å²) in [6.07, 6.45) is -6.54. The zero-order valence-electron chi connectivity index (χ0n) is 21.3. The topological polar surface area (TPSA) is 87.0 Å². The molecule has 3 aromatic carbocycles. The number of benzene rings is 3. The molecule has 0 spiro atoms.